The Balaban J connectivity index is 1.52. The van der Waals surface area contributed by atoms with E-state index in [4.69, 9.17) is 4.98 Å². The second kappa shape index (κ2) is 9.03. The fourth-order valence-electron chi connectivity index (χ4n) is 4.41. The third-order valence-corrected chi connectivity index (χ3v) is 10.6. The summed E-state index contributed by atoms with van der Waals surface area (Å²) in [4.78, 5) is 27.7. The number of H-pyrrole nitrogens is 1. The van der Waals surface area contributed by atoms with Gasteiger partial charge in [-0.05, 0) is 6.92 Å². The molecule has 0 aliphatic rings. The number of fused-ring (bicyclic) bond motifs is 1. The average molecular weight is 575 g/mol. The molecule has 35 heavy (non-hydrogen) atoms. The van der Waals surface area contributed by atoms with E-state index in [1.54, 1.807) is 4.52 Å². The predicted octanol–water partition coefficient (Wildman–Crippen LogP) is 3.88. The van der Waals surface area contributed by atoms with Crippen LogP contribution in [0.5, 0.6) is 0 Å². The van der Waals surface area contributed by atoms with Crippen LogP contribution in [0.4, 0.5) is 0 Å². The molecule has 0 amide bonds. The molecule has 0 saturated carbocycles. The van der Waals surface area contributed by atoms with E-state index in [1.165, 1.54) is 0 Å². The molecular formula is C25H28N8OSn. The standard InChI is InChI=1S/C22H20N8O.3CH3.Sn/c1-3-19-18(21-24-22(31)27-30(21)13(2)23-19)12-14-8-10-15(11-9-14)16-6-4-5-7-17(16)20-25-28-29-26-20;;;;/h4-11H,3,12H2,1-2H3,(H2,25,26,27,28,29,31);3*1H3;/q;;;;+1/p-1. The SMILES string of the molecule is CCc1nc(C)n2[nH]c(=O)nc2c1Cc1ccc(-c2ccccc2-c2nnn[n]2[Sn]([CH3])([CH3])[CH3])cc1. The molecule has 10 heteroatoms. The van der Waals surface area contributed by atoms with Gasteiger partial charge in [-0.25, -0.2) is 9.89 Å². The Morgan fingerprint density at radius 2 is 1.69 bits per heavy atom. The van der Waals surface area contributed by atoms with Crippen LogP contribution in [0.1, 0.15) is 29.6 Å². The molecule has 0 saturated heterocycles. The van der Waals surface area contributed by atoms with Crippen molar-refractivity contribution in [2.45, 2.75) is 41.5 Å². The zero-order valence-corrected chi connectivity index (χ0v) is 23.4. The number of rotatable bonds is 6. The van der Waals surface area contributed by atoms with E-state index in [1.807, 2.05) is 19.1 Å². The topological polar surface area (TPSA) is 107 Å². The van der Waals surface area contributed by atoms with E-state index in [0.29, 0.717) is 12.1 Å². The Labute approximate surface area is 207 Å². The molecule has 5 aromatic rings. The van der Waals surface area contributed by atoms with Crippen LogP contribution in [0.2, 0.25) is 14.8 Å². The Kier molecular flexibility index (Phi) is 6.04. The van der Waals surface area contributed by atoms with E-state index in [-0.39, 0.29) is 5.69 Å². The summed E-state index contributed by atoms with van der Waals surface area (Å²) in [5, 5.41) is 15.4. The molecule has 0 unspecified atom stereocenters. The number of aromatic nitrogens is 8. The van der Waals surface area contributed by atoms with Crippen LogP contribution in [0.15, 0.2) is 53.3 Å². The van der Waals surface area contributed by atoms with Gasteiger partial charge in [0.05, 0.1) is 0 Å². The zero-order chi connectivity index (χ0) is 24.7. The first-order chi connectivity index (χ1) is 16.8. The number of nitrogens with one attached hydrogen (secondary N) is 1. The number of nitrogens with zero attached hydrogens (tertiary/aromatic N) is 7. The van der Waals surface area contributed by atoms with Gasteiger partial charge in [0.15, 0.2) is 0 Å². The van der Waals surface area contributed by atoms with Crippen LogP contribution in [0, 0.1) is 6.92 Å². The monoisotopic (exact) mass is 576 g/mol. The first kappa shape index (κ1) is 23.4. The van der Waals surface area contributed by atoms with Crippen LogP contribution >= 0.6 is 0 Å². The number of hydrogen-bond acceptors (Lipinski definition) is 6. The third-order valence-electron chi connectivity index (χ3n) is 6.12. The summed E-state index contributed by atoms with van der Waals surface area (Å²) >= 11 is -2.56. The molecule has 0 radical (unpaired) electrons. The van der Waals surface area contributed by atoms with Gasteiger partial charge in [0.2, 0.25) is 0 Å². The normalized spacial score (nSPS) is 11.9. The fourth-order valence-corrected chi connectivity index (χ4v) is 7.58. The first-order valence-corrected chi connectivity index (χ1v) is 21.5. The van der Waals surface area contributed by atoms with Crippen molar-refractivity contribution in [3.05, 3.63) is 81.7 Å². The Morgan fingerprint density at radius 1 is 0.971 bits per heavy atom. The summed E-state index contributed by atoms with van der Waals surface area (Å²) in [6.45, 7) is 3.95. The first-order valence-electron chi connectivity index (χ1n) is 11.7. The van der Waals surface area contributed by atoms with Crippen molar-refractivity contribution in [1.82, 2.24) is 38.0 Å². The minimum atomic E-state index is -2.56. The number of hydrogen-bond donors (Lipinski definition) is 1. The Hall–Kier alpha value is -3.34. The second-order valence-electron chi connectivity index (χ2n) is 9.63. The van der Waals surface area contributed by atoms with E-state index in [9.17, 15) is 4.79 Å². The van der Waals surface area contributed by atoms with Crippen LogP contribution in [-0.2, 0) is 12.8 Å². The van der Waals surface area contributed by atoms with Gasteiger partial charge in [0, 0.05) is 0 Å². The van der Waals surface area contributed by atoms with E-state index in [2.05, 4.69) is 86.7 Å². The van der Waals surface area contributed by atoms with Crippen LogP contribution in [-0.4, -0.2) is 56.7 Å². The minimum absolute atomic E-state index is 0.362. The summed E-state index contributed by atoms with van der Waals surface area (Å²) < 4.78 is 3.74. The molecule has 2 aromatic carbocycles. The van der Waals surface area contributed by atoms with Crippen molar-refractivity contribution in [3.63, 3.8) is 0 Å². The third kappa shape index (κ3) is 4.40. The zero-order valence-electron chi connectivity index (χ0n) is 20.6. The van der Waals surface area contributed by atoms with Gasteiger partial charge >= 0.3 is 178 Å². The van der Waals surface area contributed by atoms with E-state index < -0.39 is 18.7 Å². The molecular weight excluding hydrogens is 547 g/mol. The fraction of sp³-hybridized carbons (Fsp3) is 0.280. The maximum atomic E-state index is 11.9. The van der Waals surface area contributed by atoms with Gasteiger partial charge in [-0.1, -0.05) is 6.92 Å². The molecule has 178 valence electrons. The van der Waals surface area contributed by atoms with Crippen LogP contribution in [0.25, 0.3) is 28.2 Å². The summed E-state index contributed by atoms with van der Waals surface area (Å²) in [5.41, 5.74) is 6.57. The van der Waals surface area contributed by atoms with Gasteiger partial charge in [0.25, 0.3) is 0 Å². The Morgan fingerprint density at radius 3 is 2.37 bits per heavy atom. The number of benzene rings is 2. The number of aryl methyl sites for hydroxylation is 2. The molecule has 3 aromatic heterocycles. The van der Waals surface area contributed by atoms with Crippen molar-refractivity contribution in [2.24, 2.45) is 0 Å². The maximum absolute atomic E-state index is 11.9. The van der Waals surface area contributed by atoms with Crippen molar-refractivity contribution in [3.8, 4) is 22.5 Å². The quantitative estimate of drug-likeness (QED) is 0.308. The van der Waals surface area contributed by atoms with Crippen LogP contribution in [0.3, 0.4) is 0 Å². The number of tetrazole rings is 1. The van der Waals surface area contributed by atoms with Gasteiger partial charge in [-0.2, -0.15) is 0 Å². The molecule has 0 aliphatic heterocycles. The molecule has 0 atom stereocenters. The molecule has 3 heterocycles. The summed E-state index contributed by atoms with van der Waals surface area (Å²) in [5.74, 6) is 1.56. The summed E-state index contributed by atoms with van der Waals surface area (Å²) in [6.07, 6.45) is 1.41. The molecule has 0 bridgehead atoms. The molecule has 1 N–H and O–H groups in total. The molecule has 0 aliphatic carbocycles. The van der Waals surface area contributed by atoms with Gasteiger partial charge < -0.3 is 0 Å². The second-order valence-corrected chi connectivity index (χ2v) is 23.2. The summed E-state index contributed by atoms with van der Waals surface area (Å²) in [6, 6.07) is 16.8. The van der Waals surface area contributed by atoms with Crippen molar-refractivity contribution < 1.29 is 0 Å². The van der Waals surface area contributed by atoms with Crippen molar-refractivity contribution in [2.75, 3.05) is 0 Å². The number of aromatic amines is 1. The Bertz CT molecular complexity index is 1570. The predicted molar refractivity (Wildman–Crippen MR) is 138 cm³/mol. The van der Waals surface area contributed by atoms with E-state index >= 15 is 0 Å². The van der Waals surface area contributed by atoms with Crippen LogP contribution < -0.4 is 5.69 Å². The van der Waals surface area contributed by atoms with Crippen molar-refractivity contribution >= 4 is 24.3 Å². The van der Waals surface area contributed by atoms with Gasteiger partial charge in [-0.15, -0.1) is 0 Å². The average Bonchev–Trinajstić information content (AvgIpc) is 3.48. The molecule has 9 nitrogen and oxygen atoms in total. The summed E-state index contributed by atoms with van der Waals surface area (Å²) in [7, 11) is 0. The van der Waals surface area contributed by atoms with Crippen molar-refractivity contribution in [1.29, 1.82) is 0 Å². The van der Waals surface area contributed by atoms with Gasteiger partial charge in [0.1, 0.15) is 5.82 Å². The molecule has 5 rings (SSSR count). The molecule has 0 fully saturated rings. The van der Waals surface area contributed by atoms with E-state index in [0.717, 1.165) is 51.6 Å². The molecule has 0 spiro atoms. The van der Waals surface area contributed by atoms with Gasteiger partial charge in [-0.3, -0.25) is 0 Å².